The van der Waals surface area contributed by atoms with Crippen molar-refractivity contribution < 1.29 is 41.4 Å². The summed E-state index contributed by atoms with van der Waals surface area (Å²) in [5.74, 6) is -6.65. The molecule has 0 radical (unpaired) electrons. The average molecular weight is 556 g/mol. The van der Waals surface area contributed by atoms with Gasteiger partial charge in [0.1, 0.15) is 57.2 Å². The van der Waals surface area contributed by atoms with Gasteiger partial charge in [-0.2, -0.15) is 5.10 Å². The van der Waals surface area contributed by atoms with Crippen LogP contribution in [0.5, 0.6) is 5.75 Å². The summed E-state index contributed by atoms with van der Waals surface area (Å²) in [6.07, 6.45) is 1.20. The number of furan rings is 1. The van der Waals surface area contributed by atoms with Gasteiger partial charge in [0.25, 0.3) is 5.91 Å². The number of thioether (sulfide) groups is 1. The molecule has 1 aromatic heterocycles. The number of hydrogen-bond donors (Lipinski definition) is 1. The summed E-state index contributed by atoms with van der Waals surface area (Å²) >= 11 is 1.03. The molecule has 0 spiro atoms. The van der Waals surface area contributed by atoms with E-state index in [-0.39, 0.29) is 28.7 Å². The van der Waals surface area contributed by atoms with Crippen LogP contribution in [0.3, 0.4) is 0 Å². The molecule has 3 aromatic carbocycles. The smallest absolute Gasteiger partial charge is 0.339 e. The normalized spacial score (nSPS) is 14.8. The second-order valence-corrected chi connectivity index (χ2v) is 9.23. The van der Waals surface area contributed by atoms with E-state index in [1.165, 1.54) is 36.6 Å². The van der Waals surface area contributed by atoms with Crippen molar-refractivity contribution >= 4 is 28.7 Å². The van der Waals surface area contributed by atoms with Crippen molar-refractivity contribution in [2.75, 3.05) is 0 Å². The van der Waals surface area contributed by atoms with E-state index < -0.39 is 46.1 Å². The lowest BCUT2D eigenvalue weighted by molar-refractivity contribution is 0.0688. The molecular weight excluding hydrogens is 540 g/mol. The topological polar surface area (TPSA) is 92.3 Å². The quantitative estimate of drug-likeness (QED) is 0.266. The van der Waals surface area contributed by atoms with Crippen LogP contribution >= 0.6 is 11.8 Å². The first-order valence-corrected chi connectivity index (χ1v) is 12.1. The highest BCUT2D eigenvalue weighted by atomic mass is 32.2. The van der Waals surface area contributed by atoms with Crippen molar-refractivity contribution in [2.45, 2.75) is 12.0 Å². The molecule has 1 N–H and O–H groups in total. The lowest BCUT2D eigenvalue weighted by Crippen LogP contribution is -2.28. The predicted molar refractivity (Wildman–Crippen MR) is 132 cm³/mol. The number of amides is 1. The van der Waals surface area contributed by atoms with Crippen LogP contribution in [0.4, 0.5) is 17.6 Å². The van der Waals surface area contributed by atoms with Crippen LogP contribution in [-0.4, -0.2) is 27.0 Å². The zero-order valence-electron chi connectivity index (χ0n) is 19.6. The number of carbonyl (C=O) groups is 2. The first-order chi connectivity index (χ1) is 18.7. The Morgan fingerprint density at radius 3 is 2.36 bits per heavy atom. The molecule has 0 aliphatic carbocycles. The molecule has 1 unspecified atom stereocenters. The Labute approximate surface area is 222 Å². The van der Waals surface area contributed by atoms with E-state index in [9.17, 15) is 32.3 Å². The van der Waals surface area contributed by atoms with Crippen molar-refractivity contribution in [3.05, 3.63) is 124 Å². The third-order valence-electron chi connectivity index (χ3n) is 5.68. The highest BCUT2D eigenvalue weighted by molar-refractivity contribution is 8.14. The summed E-state index contributed by atoms with van der Waals surface area (Å²) in [6.45, 7) is -0.274. The Morgan fingerprint density at radius 2 is 1.67 bits per heavy atom. The Hall–Kier alpha value is -4.58. The maximum absolute atomic E-state index is 14.6. The van der Waals surface area contributed by atoms with Crippen molar-refractivity contribution in [3.8, 4) is 5.75 Å². The van der Waals surface area contributed by atoms with E-state index in [0.717, 1.165) is 16.8 Å². The van der Waals surface area contributed by atoms with Crippen LogP contribution in [0.15, 0.2) is 82.5 Å². The summed E-state index contributed by atoms with van der Waals surface area (Å²) in [4.78, 5) is 24.8. The van der Waals surface area contributed by atoms with E-state index >= 15 is 0 Å². The van der Waals surface area contributed by atoms with Gasteiger partial charge in [0.15, 0.2) is 5.76 Å². The molecule has 1 aliphatic heterocycles. The zero-order valence-corrected chi connectivity index (χ0v) is 20.4. The third kappa shape index (κ3) is 5.23. The van der Waals surface area contributed by atoms with Crippen LogP contribution < -0.4 is 4.74 Å². The van der Waals surface area contributed by atoms with E-state index in [2.05, 4.69) is 5.10 Å². The first-order valence-electron chi connectivity index (χ1n) is 11.2. The third-order valence-corrected chi connectivity index (χ3v) is 6.90. The van der Waals surface area contributed by atoms with Gasteiger partial charge in [0, 0.05) is 23.3 Å². The van der Waals surface area contributed by atoms with Gasteiger partial charge in [-0.3, -0.25) is 4.79 Å². The Balaban J connectivity index is 1.53. The van der Waals surface area contributed by atoms with Gasteiger partial charge in [-0.25, -0.2) is 27.4 Å². The molecule has 2 heterocycles. The number of halogens is 4. The maximum atomic E-state index is 14.6. The number of para-hydroxylation sites is 1. The molecule has 5 rings (SSSR count). The molecule has 7 nitrogen and oxygen atoms in total. The largest absolute Gasteiger partial charge is 0.485 e. The number of rotatable bonds is 7. The van der Waals surface area contributed by atoms with Crippen LogP contribution in [0.2, 0.25) is 0 Å². The maximum Gasteiger partial charge on any atom is 0.339 e. The molecule has 198 valence electrons. The minimum absolute atomic E-state index is 0.0445. The van der Waals surface area contributed by atoms with Crippen LogP contribution in [0, 0.1) is 23.3 Å². The van der Waals surface area contributed by atoms with Crippen LogP contribution in [0.25, 0.3) is 0 Å². The standard InChI is InChI=1S/C27H16F4N2O5S/c28-15-7-5-14(6-8-15)24-32-33(25(34)23-19(30)11-16(29)12-20(23)31)26(39-24)17-3-1-2-4-21(17)38-13-22-18(27(35)36)9-10-37-22/h1-12,26H,13H2,(H,35,36). The van der Waals surface area contributed by atoms with Gasteiger partial charge >= 0.3 is 5.97 Å². The molecule has 39 heavy (non-hydrogen) atoms. The second-order valence-electron chi connectivity index (χ2n) is 8.17. The molecule has 1 atom stereocenters. The monoisotopic (exact) mass is 556 g/mol. The average Bonchev–Trinajstić information content (AvgIpc) is 3.55. The summed E-state index contributed by atoms with van der Waals surface area (Å²) < 4.78 is 67.2. The second kappa shape index (κ2) is 10.7. The molecule has 0 bridgehead atoms. The number of nitrogens with zero attached hydrogens (tertiary/aromatic N) is 2. The highest BCUT2D eigenvalue weighted by Gasteiger charge is 2.38. The van der Waals surface area contributed by atoms with E-state index in [0.29, 0.717) is 23.3 Å². The highest BCUT2D eigenvalue weighted by Crippen LogP contribution is 2.45. The fourth-order valence-electron chi connectivity index (χ4n) is 3.86. The molecule has 0 saturated carbocycles. The molecule has 0 saturated heterocycles. The zero-order chi connectivity index (χ0) is 27.7. The predicted octanol–water partition coefficient (Wildman–Crippen LogP) is 6.36. The van der Waals surface area contributed by atoms with Crippen molar-refractivity contribution in [1.29, 1.82) is 0 Å². The van der Waals surface area contributed by atoms with E-state index in [1.54, 1.807) is 24.3 Å². The molecule has 4 aromatic rings. The summed E-state index contributed by atoms with van der Waals surface area (Å²) in [7, 11) is 0. The van der Waals surface area contributed by atoms with Crippen molar-refractivity contribution in [3.63, 3.8) is 0 Å². The molecule has 1 aliphatic rings. The number of benzene rings is 3. The van der Waals surface area contributed by atoms with Gasteiger partial charge < -0.3 is 14.3 Å². The molecule has 1 amide bonds. The fourth-order valence-corrected chi connectivity index (χ4v) is 5.04. The first kappa shape index (κ1) is 26.0. The summed E-state index contributed by atoms with van der Waals surface area (Å²) in [6, 6.07) is 13.7. The number of aromatic carboxylic acids is 1. The SMILES string of the molecule is O=C(O)c1ccoc1COc1ccccc1C1SC(c2ccc(F)cc2)=NN1C(=O)c1c(F)cc(F)cc1F. The molecular formula is C27H16F4N2O5S. The molecule has 12 heteroatoms. The number of hydrazone groups is 1. The van der Waals surface area contributed by atoms with Gasteiger partial charge in [0.05, 0.1) is 6.26 Å². The minimum atomic E-state index is -1.41. The van der Waals surface area contributed by atoms with Crippen LogP contribution in [0.1, 0.15) is 43.0 Å². The Bertz CT molecular complexity index is 1580. The lowest BCUT2D eigenvalue weighted by atomic mass is 10.1. The van der Waals surface area contributed by atoms with Crippen LogP contribution in [-0.2, 0) is 6.61 Å². The van der Waals surface area contributed by atoms with Gasteiger partial charge in [-0.15, -0.1) is 0 Å². The van der Waals surface area contributed by atoms with Crippen molar-refractivity contribution in [1.82, 2.24) is 5.01 Å². The van der Waals surface area contributed by atoms with E-state index in [4.69, 9.17) is 9.15 Å². The fraction of sp³-hybridized carbons (Fsp3) is 0.0741. The van der Waals surface area contributed by atoms with Gasteiger partial charge in [-0.1, -0.05) is 30.0 Å². The molecule has 0 fully saturated rings. The number of hydrogen-bond acceptors (Lipinski definition) is 6. The number of carboxylic acid groups (broad SMARTS) is 1. The van der Waals surface area contributed by atoms with Gasteiger partial charge in [-0.05, 0) is 36.4 Å². The number of carbonyl (C=O) groups excluding carboxylic acids is 1. The summed E-state index contributed by atoms with van der Waals surface area (Å²) in [5.41, 5.74) is -0.320. The number of carboxylic acids is 1. The summed E-state index contributed by atoms with van der Waals surface area (Å²) in [5, 5.41) is 13.6. The lowest BCUT2D eigenvalue weighted by Gasteiger charge is -2.23. The Kier molecular flexibility index (Phi) is 7.11. The number of ether oxygens (including phenoxy) is 1. The van der Waals surface area contributed by atoms with Crippen molar-refractivity contribution in [2.24, 2.45) is 5.10 Å². The minimum Gasteiger partial charge on any atom is -0.485 e. The Morgan fingerprint density at radius 1 is 0.974 bits per heavy atom. The van der Waals surface area contributed by atoms with E-state index in [1.807, 2.05) is 0 Å². The van der Waals surface area contributed by atoms with Gasteiger partial charge in [0.2, 0.25) is 0 Å².